The van der Waals surface area contributed by atoms with Gasteiger partial charge >= 0.3 is 0 Å². The Labute approximate surface area is 147 Å². The van der Waals surface area contributed by atoms with Crippen LogP contribution in [-0.4, -0.2) is 11.6 Å². The monoisotopic (exact) mass is 330 g/mol. The van der Waals surface area contributed by atoms with Crippen molar-refractivity contribution in [2.75, 3.05) is 6.61 Å². The SMILES string of the molecule is CCOc1cc(C#N)cc(-c2ccc(OCc3ccccc3)nc2)c1. The molecule has 1 heterocycles. The van der Waals surface area contributed by atoms with Crippen LogP contribution >= 0.6 is 0 Å². The van der Waals surface area contributed by atoms with Gasteiger partial charge in [-0.2, -0.15) is 5.26 Å². The fraction of sp³-hybridized carbons (Fsp3) is 0.143. The van der Waals surface area contributed by atoms with Crippen LogP contribution in [0.4, 0.5) is 0 Å². The van der Waals surface area contributed by atoms with E-state index >= 15 is 0 Å². The van der Waals surface area contributed by atoms with E-state index in [1.807, 2.05) is 61.5 Å². The van der Waals surface area contributed by atoms with Crippen molar-refractivity contribution < 1.29 is 9.47 Å². The molecule has 124 valence electrons. The minimum absolute atomic E-state index is 0.478. The third-order valence-electron chi connectivity index (χ3n) is 3.65. The fourth-order valence-corrected chi connectivity index (χ4v) is 2.45. The van der Waals surface area contributed by atoms with Crippen LogP contribution in [0.25, 0.3) is 11.1 Å². The normalized spacial score (nSPS) is 10.1. The van der Waals surface area contributed by atoms with E-state index in [-0.39, 0.29) is 0 Å². The second-order valence-electron chi connectivity index (χ2n) is 5.45. The molecule has 0 bridgehead atoms. The Morgan fingerprint density at radius 2 is 1.80 bits per heavy atom. The topological polar surface area (TPSA) is 55.1 Å². The maximum absolute atomic E-state index is 9.18. The number of pyridine rings is 1. The van der Waals surface area contributed by atoms with Crippen LogP contribution in [0.15, 0.2) is 66.9 Å². The predicted molar refractivity (Wildman–Crippen MR) is 96.3 cm³/mol. The van der Waals surface area contributed by atoms with Gasteiger partial charge in [0.15, 0.2) is 0 Å². The van der Waals surface area contributed by atoms with Crippen LogP contribution in [0, 0.1) is 11.3 Å². The summed E-state index contributed by atoms with van der Waals surface area (Å²) in [7, 11) is 0. The summed E-state index contributed by atoms with van der Waals surface area (Å²) in [4.78, 5) is 4.36. The van der Waals surface area contributed by atoms with Crippen molar-refractivity contribution >= 4 is 0 Å². The molecule has 0 N–H and O–H groups in total. The maximum Gasteiger partial charge on any atom is 0.213 e. The molecule has 0 atom stereocenters. The van der Waals surface area contributed by atoms with Gasteiger partial charge in [0, 0.05) is 17.8 Å². The number of benzene rings is 2. The molecule has 3 rings (SSSR count). The van der Waals surface area contributed by atoms with E-state index in [1.165, 1.54) is 0 Å². The van der Waals surface area contributed by atoms with Crippen LogP contribution in [0.2, 0.25) is 0 Å². The minimum atomic E-state index is 0.478. The van der Waals surface area contributed by atoms with Gasteiger partial charge in [0.1, 0.15) is 12.4 Å². The van der Waals surface area contributed by atoms with E-state index in [9.17, 15) is 5.26 Å². The predicted octanol–water partition coefficient (Wildman–Crippen LogP) is 4.60. The van der Waals surface area contributed by atoms with Gasteiger partial charge in [0.2, 0.25) is 5.88 Å². The average Bonchev–Trinajstić information content (AvgIpc) is 2.67. The number of nitrogens with zero attached hydrogens (tertiary/aromatic N) is 2. The standard InChI is InChI=1S/C21H18N2O2/c1-2-24-20-11-17(13-22)10-19(12-20)18-8-9-21(23-14-18)25-15-16-6-4-3-5-7-16/h3-12,14H,2,15H2,1H3. The van der Waals surface area contributed by atoms with Gasteiger partial charge in [0.05, 0.1) is 18.2 Å². The Kier molecular flexibility index (Phi) is 5.28. The Morgan fingerprint density at radius 3 is 2.48 bits per heavy atom. The van der Waals surface area contributed by atoms with E-state index in [2.05, 4.69) is 11.1 Å². The van der Waals surface area contributed by atoms with Crippen molar-refractivity contribution in [3.8, 4) is 28.8 Å². The summed E-state index contributed by atoms with van der Waals surface area (Å²) in [5, 5.41) is 9.18. The molecule has 3 aromatic rings. The second kappa shape index (κ2) is 7.98. The van der Waals surface area contributed by atoms with E-state index in [1.54, 1.807) is 12.3 Å². The van der Waals surface area contributed by atoms with Gasteiger partial charge in [-0.25, -0.2) is 4.98 Å². The van der Waals surface area contributed by atoms with E-state index < -0.39 is 0 Å². The molecule has 2 aromatic carbocycles. The average molecular weight is 330 g/mol. The van der Waals surface area contributed by atoms with E-state index in [4.69, 9.17) is 9.47 Å². The Morgan fingerprint density at radius 1 is 0.960 bits per heavy atom. The Hall–Kier alpha value is -3.32. The number of hydrogen-bond donors (Lipinski definition) is 0. The van der Waals surface area contributed by atoms with Crippen molar-refractivity contribution in [3.63, 3.8) is 0 Å². The molecule has 0 fully saturated rings. The smallest absolute Gasteiger partial charge is 0.213 e. The van der Waals surface area contributed by atoms with Crippen molar-refractivity contribution in [1.29, 1.82) is 5.26 Å². The third-order valence-corrected chi connectivity index (χ3v) is 3.65. The third kappa shape index (κ3) is 4.36. The zero-order valence-electron chi connectivity index (χ0n) is 14.0. The zero-order valence-corrected chi connectivity index (χ0v) is 14.0. The lowest BCUT2D eigenvalue weighted by Crippen LogP contribution is -1.97. The first-order valence-corrected chi connectivity index (χ1v) is 8.09. The van der Waals surface area contributed by atoms with Crippen LogP contribution in [0.3, 0.4) is 0 Å². The Bertz CT molecular complexity index is 869. The summed E-state index contributed by atoms with van der Waals surface area (Å²) in [5.41, 5.74) is 3.46. The molecule has 0 spiro atoms. The highest BCUT2D eigenvalue weighted by atomic mass is 16.5. The molecule has 1 aromatic heterocycles. The van der Waals surface area contributed by atoms with Crippen LogP contribution < -0.4 is 9.47 Å². The van der Waals surface area contributed by atoms with Gasteiger partial charge < -0.3 is 9.47 Å². The molecule has 0 saturated heterocycles. The van der Waals surface area contributed by atoms with Crippen molar-refractivity contribution in [3.05, 3.63) is 78.0 Å². The lowest BCUT2D eigenvalue weighted by atomic mass is 10.0. The molecule has 0 saturated carbocycles. The van der Waals surface area contributed by atoms with E-state index in [0.29, 0.717) is 30.4 Å². The quantitative estimate of drug-likeness (QED) is 0.663. The van der Waals surface area contributed by atoms with E-state index in [0.717, 1.165) is 16.7 Å². The number of ether oxygens (including phenoxy) is 2. The van der Waals surface area contributed by atoms with Crippen LogP contribution in [0.5, 0.6) is 11.6 Å². The second-order valence-corrected chi connectivity index (χ2v) is 5.45. The molecule has 0 amide bonds. The molecule has 0 aliphatic carbocycles. The summed E-state index contributed by atoms with van der Waals surface area (Å²) in [5.74, 6) is 1.25. The summed E-state index contributed by atoms with van der Waals surface area (Å²) in [6.45, 7) is 2.95. The first kappa shape index (κ1) is 16.5. The fourth-order valence-electron chi connectivity index (χ4n) is 2.45. The highest BCUT2D eigenvalue weighted by Gasteiger charge is 2.05. The number of rotatable bonds is 6. The van der Waals surface area contributed by atoms with Gasteiger partial charge in [-0.3, -0.25) is 0 Å². The largest absolute Gasteiger partial charge is 0.494 e. The Balaban J connectivity index is 1.76. The molecular weight excluding hydrogens is 312 g/mol. The molecule has 0 radical (unpaired) electrons. The molecule has 0 unspecified atom stereocenters. The van der Waals surface area contributed by atoms with Gasteiger partial charge in [0.25, 0.3) is 0 Å². The minimum Gasteiger partial charge on any atom is -0.494 e. The lowest BCUT2D eigenvalue weighted by molar-refractivity contribution is 0.294. The zero-order chi connectivity index (χ0) is 17.5. The summed E-state index contributed by atoms with van der Waals surface area (Å²) in [6.07, 6.45) is 1.74. The highest BCUT2D eigenvalue weighted by Crippen LogP contribution is 2.26. The number of hydrogen-bond acceptors (Lipinski definition) is 4. The molecule has 4 nitrogen and oxygen atoms in total. The van der Waals surface area contributed by atoms with Gasteiger partial charge in [-0.1, -0.05) is 30.3 Å². The van der Waals surface area contributed by atoms with Crippen LogP contribution in [0.1, 0.15) is 18.1 Å². The number of nitriles is 1. The number of aromatic nitrogens is 1. The molecular formula is C21H18N2O2. The molecule has 25 heavy (non-hydrogen) atoms. The summed E-state index contributed by atoms with van der Waals surface area (Å²) in [6, 6.07) is 21.3. The molecule has 0 aliphatic rings. The first-order chi connectivity index (χ1) is 12.3. The molecule has 0 aliphatic heterocycles. The maximum atomic E-state index is 9.18. The first-order valence-electron chi connectivity index (χ1n) is 8.09. The highest BCUT2D eigenvalue weighted by molar-refractivity contribution is 5.66. The lowest BCUT2D eigenvalue weighted by Gasteiger charge is -2.09. The van der Waals surface area contributed by atoms with Gasteiger partial charge in [-0.15, -0.1) is 0 Å². The summed E-state index contributed by atoms with van der Waals surface area (Å²) < 4.78 is 11.2. The van der Waals surface area contributed by atoms with Crippen molar-refractivity contribution in [1.82, 2.24) is 4.98 Å². The summed E-state index contributed by atoms with van der Waals surface area (Å²) >= 11 is 0. The van der Waals surface area contributed by atoms with Crippen molar-refractivity contribution in [2.24, 2.45) is 0 Å². The molecule has 4 heteroatoms. The van der Waals surface area contributed by atoms with Gasteiger partial charge in [-0.05, 0) is 42.3 Å². The van der Waals surface area contributed by atoms with Crippen molar-refractivity contribution in [2.45, 2.75) is 13.5 Å². The van der Waals surface area contributed by atoms with Crippen LogP contribution in [-0.2, 0) is 6.61 Å².